The number of carbonyl (C=O) groups excluding carboxylic acids is 3. The molecule has 0 radical (unpaired) electrons. The Morgan fingerprint density at radius 2 is 1.96 bits per heavy atom. The predicted molar refractivity (Wildman–Crippen MR) is 85.4 cm³/mol. The Balaban J connectivity index is 1.53. The molecule has 140 valence electrons. The van der Waals surface area contributed by atoms with E-state index in [1.165, 1.54) is 17.0 Å². The van der Waals surface area contributed by atoms with Crippen molar-refractivity contribution < 1.29 is 27.6 Å². The number of hydrogen-bond acceptors (Lipinski definition) is 3. The third-order valence-electron chi connectivity index (χ3n) is 4.42. The first-order chi connectivity index (χ1) is 12.2. The summed E-state index contributed by atoms with van der Waals surface area (Å²) in [5.74, 6) is -0.565. The van der Waals surface area contributed by atoms with Gasteiger partial charge in [0.05, 0.1) is 23.2 Å². The lowest BCUT2D eigenvalue weighted by molar-refractivity contribution is -0.142. The molecule has 1 aromatic carbocycles. The van der Waals surface area contributed by atoms with Gasteiger partial charge in [0, 0.05) is 19.5 Å². The average Bonchev–Trinajstić information content (AvgIpc) is 2.84. The Labute approximate surface area is 151 Å². The Bertz CT molecular complexity index is 747. The number of rotatable bonds is 4. The monoisotopic (exact) mass is 389 g/mol. The van der Waals surface area contributed by atoms with E-state index in [0.29, 0.717) is 5.56 Å². The SMILES string of the molecule is O=C(CCc1ccc(Cl)c(C(F)(F)F)c1)N1CC(N2C(=O)CNC2=O)C1. The Hall–Kier alpha value is -2.29. The molecule has 2 aliphatic rings. The molecule has 2 heterocycles. The number of nitrogens with one attached hydrogen (secondary N) is 1. The first kappa shape index (κ1) is 18.5. The van der Waals surface area contributed by atoms with Gasteiger partial charge in [-0.3, -0.25) is 14.5 Å². The topological polar surface area (TPSA) is 69.7 Å². The van der Waals surface area contributed by atoms with E-state index in [0.717, 1.165) is 11.0 Å². The van der Waals surface area contributed by atoms with Crippen LogP contribution in [0, 0.1) is 0 Å². The van der Waals surface area contributed by atoms with Crippen LogP contribution in [-0.2, 0) is 22.2 Å². The van der Waals surface area contributed by atoms with Crippen LogP contribution in [0.1, 0.15) is 17.5 Å². The molecule has 2 fully saturated rings. The molecule has 6 nitrogen and oxygen atoms in total. The van der Waals surface area contributed by atoms with Gasteiger partial charge in [0.15, 0.2) is 0 Å². The highest BCUT2D eigenvalue weighted by Gasteiger charge is 2.42. The zero-order valence-electron chi connectivity index (χ0n) is 13.5. The molecule has 0 aromatic heterocycles. The molecule has 1 aromatic rings. The maximum absolute atomic E-state index is 12.8. The van der Waals surface area contributed by atoms with Gasteiger partial charge in [0.25, 0.3) is 0 Å². The van der Waals surface area contributed by atoms with E-state index >= 15 is 0 Å². The molecule has 4 amide bonds. The molecule has 2 aliphatic heterocycles. The molecular formula is C16H15ClF3N3O3. The number of nitrogens with zero attached hydrogens (tertiary/aromatic N) is 2. The minimum absolute atomic E-state index is 0.0335. The van der Waals surface area contributed by atoms with Crippen molar-refractivity contribution in [2.24, 2.45) is 0 Å². The van der Waals surface area contributed by atoms with Gasteiger partial charge in [0.2, 0.25) is 11.8 Å². The minimum Gasteiger partial charge on any atom is -0.338 e. The van der Waals surface area contributed by atoms with Crippen molar-refractivity contribution in [1.29, 1.82) is 0 Å². The van der Waals surface area contributed by atoms with Crippen LogP contribution in [0.3, 0.4) is 0 Å². The second kappa shape index (κ2) is 6.79. The molecule has 0 saturated carbocycles. The molecule has 0 spiro atoms. The van der Waals surface area contributed by atoms with Crippen molar-refractivity contribution >= 4 is 29.4 Å². The zero-order chi connectivity index (χ0) is 19.1. The van der Waals surface area contributed by atoms with E-state index < -0.39 is 17.8 Å². The highest BCUT2D eigenvalue weighted by molar-refractivity contribution is 6.31. The summed E-state index contributed by atoms with van der Waals surface area (Å²) in [6, 6.07) is 2.76. The van der Waals surface area contributed by atoms with Gasteiger partial charge in [-0.2, -0.15) is 13.2 Å². The maximum atomic E-state index is 12.8. The molecule has 0 aliphatic carbocycles. The van der Waals surface area contributed by atoms with Gasteiger partial charge in [-0.15, -0.1) is 0 Å². The van der Waals surface area contributed by atoms with Crippen LogP contribution in [0.25, 0.3) is 0 Å². The number of halogens is 4. The smallest absolute Gasteiger partial charge is 0.338 e. The van der Waals surface area contributed by atoms with Crippen LogP contribution in [0.2, 0.25) is 5.02 Å². The van der Waals surface area contributed by atoms with Crippen molar-refractivity contribution in [1.82, 2.24) is 15.1 Å². The third-order valence-corrected chi connectivity index (χ3v) is 4.75. The molecular weight excluding hydrogens is 375 g/mol. The van der Waals surface area contributed by atoms with E-state index in [-0.39, 0.29) is 55.4 Å². The van der Waals surface area contributed by atoms with Gasteiger partial charge in [-0.05, 0) is 24.1 Å². The lowest BCUT2D eigenvalue weighted by Gasteiger charge is -2.42. The molecule has 10 heteroatoms. The molecule has 1 N–H and O–H groups in total. The number of imide groups is 1. The Morgan fingerprint density at radius 3 is 2.54 bits per heavy atom. The van der Waals surface area contributed by atoms with Crippen LogP contribution in [0.5, 0.6) is 0 Å². The largest absolute Gasteiger partial charge is 0.417 e. The number of alkyl halides is 3. The van der Waals surface area contributed by atoms with Gasteiger partial charge in [-0.1, -0.05) is 17.7 Å². The third kappa shape index (κ3) is 3.62. The number of hydrogen-bond donors (Lipinski definition) is 1. The first-order valence-electron chi connectivity index (χ1n) is 7.90. The predicted octanol–water partition coefficient (Wildman–Crippen LogP) is 2.05. The number of amides is 4. The molecule has 0 unspecified atom stereocenters. The van der Waals surface area contributed by atoms with Gasteiger partial charge >= 0.3 is 12.2 Å². The van der Waals surface area contributed by atoms with E-state index in [1.807, 2.05) is 0 Å². The summed E-state index contributed by atoms with van der Waals surface area (Å²) in [7, 11) is 0. The molecule has 2 saturated heterocycles. The fraction of sp³-hybridized carbons (Fsp3) is 0.438. The summed E-state index contributed by atoms with van der Waals surface area (Å²) >= 11 is 5.57. The van der Waals surface area contributed by atoms with E-state index in [1.54, 1.807) is 0 Å². The van der Waals surface area contributed by atoms with Crippen molar-refractivity contribution in [2.75, 3.05) is 19.6 Å². The number of carbonyl (C=O) groups is 3. The minimum atomic E-state index is -4.55. The second-order valence-corrected chi connectivity index (χ2v) is 6.59. The Morgan fingerprint density at radius 1 is 1.27 bits per heavy atom. The quantitative estimate of drug-likeness (QED) is 0.801. The number of likely N-dealkylation sites (tertiary alicyclic amines) is 1. The average molecular weight is 390 g/mol. The summed E-state index contributed by atoms with van der Waals surface area (Å²) in [5, 5.41) is 2.03. The summed E-state index contributed by atoms with van der Waals surface area (Å²) in [6.45, 7) is 0.445. The number of benzene rings is 1. The fourth-order valence-electron chi connectivity index (χ4n) is 2.98. The summed E-state index contributed by atoms with van der Waals surface area (Å²) in [5.41, 5.74) is -0.562. The molecule has 0 atom stereocenters. The molecule has 0 bridgehead atoms. The normalized spacial score (nSPS) is 18.2. The highest BCUT2D eigenvalue weighted by Crippen LogP contribution is 2.35. The summed E-state index contributed by atoms with van der Waals surface area (Å²) in [6.07, 6.45) is -4.38. The van der Waals surface area contributed by atoms with E-state index in [4.69, 9.17) is 11.6 Å². The summed E-state index contributed by atoms with van der Waals surface area (Å²) < 4.78 is 38.5. The lowest BCUT2D eigenvalue weighted by Crippen LogP contribution is -2.62. The van der Waals surface area contributed by atoms with Gasteiger partial charge in [0.1, 0.15) is 0 Å². The maximum Gasteiger partial charge on any atom is 0.417 e. The Kier molecular flexibility index (Phi) is 4.83. The van der Waals surface area contributed by atoms with Crippen LogP contribution >= 0.6 is 11.6 Å². The number of urea groups is 1. The lowest BCUT2D eigenvalue weighted by atomic mass is 10.0. The second-order valence-electron chi connectivity index (χ2n) is 6.19. The van der Waals surface area contributed by atoms with Crippen LogP contribution in [-0.4, -0.2) is 53.3 Å². The van der Waals surface area contributed by atoms with Crippen LogP contribution < -0.4 is 5.32 Å². The molecule has 3 rings (SSSR count). The fourth-order valence-corrected chi connectivity index (χ4v) is 3.21. The zero-order valence-corrected chi connectivity index (χ0v) is 14.2. The first-order valence-corrected chi connectivity index (χ1v) is 8.28. The number of aryl methyl sites for hydroxylation is 1. The van der Waals surface area contributed by atoms with Crippen molar-refractivity contribution in [3.63, 3.8) is 0 Å². The van der Waals surface area contributed by atoms with E-state index in [2.05, 4.69) is 5.32 Å². The van der Waals surface area contributed by atoms with Crippen molar-refractivity contribution in [2.45, 2.75) is 25.1 Å². The van der Waals surface area contributed by atoms with Gasteiger partial charge < -0.3 is 10.2 Å². The molecule has 26 heavy (non-hydrogen) atoms. The van der Waals surface area contributed by atoms with E-state index in [9.17, 15) is 27.6 Å². The van der Waals surface area contributed by atoms with Crippen LogP contribution in [0.15, 0.2) is 18.2 Å². The highest BCUT2D eigenvalue weighted by atomic mass is 35.5. The standard InChI is InChI=1S/C16H15ClF3N3O3/c17-12-3-1-9(5-11(12)16(18,19)20)2-4-13(24)22-7-10(8-22)23-14(25)6-21-15(23)26/h1,3,5,10H,2,4,6-8H2,(H,21,26). The van der Waals surface area contributed by atoms with Crippen molar-refractivity contribution in [3.05, 3.63) is 34.3 Å². The van der Waals surface area contributed by atoms with Gasteiger partial charge in [-0.25, -0.2) is 4.79 Å². The van der Waals surface area contributed by atoms with Crippen molar-refractivity contribution in [3.8, 4) is 0 Å². The van der Waals surface area contributed by atoms with Crippen LogP contribution in [0.4, 0.5) is 18.0 Å². The summed E-state index contributed by atoms with van der Waals surface area (Å²) in [4.78, 5) is 37.8.